The molecule has 0 amide bonds. The van der Waals surface area contributed by atoms with Crippen LogP contribution in [0, 0.1) is 6.92 Å². The Bertz CT molecular complexity index is 1610. The summed E-state index contributed by atoms with van der Waals surface area (Å²) in [6.07, 6.45) is 0.766. The van der Waals surface area contributed by atoms with Gasteiger partial charge in [-0.25, -0.2) is 9.97 Å². The standard InChI is InChI=1S/C22H24N8/c1-5-17-20-27-24-13-29(20)18-15(4)25-22(26-21(18)30(17)14(2)3)28-12-11-23-19(28)16-9-7-6-8-10-16/h6-14,17H,5H2,1-4H3/i1D3,2D3,3D3,5D2,14D. The first kappa shape index (κ1) is 9.51. The Kier molecular flexibility index (Phi) is 2.23. The molecule has 0 N–H and O–H groups in total. The number of benzene rings is 1. The van der Waals surface area contributed by atoms with Crippen LogP contribution in [0.2, 0.25) is 0 Å². The molecule has 0 bridgehead atoms. The minimum atomic E-state index is -3.63. The van der Waals surface area contributed by atoms with Crippen molar-refractivity contribution in [2.45, 2.75) is 45.9 Å². The summed E-state index contributed by atoms with van der Waals surface area (Å²) in [5.41, 5.74) is 0.777. The van der Waals surface area contributed by atoms with Gasteiger partial charge in [0, 0.05) is 39.1 Å². The number of anilines is 1. The van der Waals surface area contributed by atoms with Gasteiger partial charge in [-0.05, 0) is 27.0 Å². The molecule has 5 rings (SSSR count). The molecular weight excluding hydrogens is 376 g/mol. The van der Waals surface area contributed by atoms with E-state index < -0.39 is 50.6 Å². The highest BCUT2D eigenvalue weighted by Gasteiger charge is 2.36. The van der Waals surface area contributed by atoms with Crippen molar-refractivity contribution in [2.24, 2.45) is 0 Å². The second kappa shape index (κ2) is 7.05. The molecule has 30 heavy (non-hydrogen) atoms. The molecule has 0 fully saturated rings. The molecule has 4 heterocycles. The third-order valence-corrected chi connectivity index (χ3v) is 4.84. The second-order valence-electron chi connectivity index (χ2n) is 6.59. The topological polar surface area (TPSA) is 77.5 Å². The summed E-state index contributed by atoms with van der Waals surface area (Å²) in [7, 11) is 0. The highest BCUT2D eigenvalue weighted by atomic mass is 15.4. The van der Waals surface area contributed by atoms with Gasteiger partial charge in [0.25, 0.3) is 0 Å². The molecule has 0 aliphatic carbocycles. The van der Waals surface area contributed by atoms with Gasteiger partial charge in [-0.15, -0.1) is 10.2 Å². The van der Waals surface area contributed by atoms with E-state index in [4.69, 9.17) is 16.4 Å². The van der Waals surface area contributed by atoms with Crippen LogP contribution in [0.3, 0.4) is 0 Å². The van der Waals surface area contributed by atoms with Gasteiger partial charge in [-0.1, -0.05) is 37.2 Å². The van der Waals surface area contributed by atoms with Crippen LogP contribution in [0.4, 0.5) is 5.82 Å². The van der Waals surface area contributed by atoms with Gasteiger partial charge in [0.15, 0.2) is 11.6 Å². The minimum absolute atomic E-state index is 0.0390. The van der Waals surface area contributed by atoms with Gasteiger partial charge in [0.05, 0.1) is 13.1 Å². The summed E-state index contributed by atoms with van der Waals surface area (Å²) < 4.78 is 102. The van der Waals surface area contributed by atoms with E-state index in [1.54, 1.807) is 30.3 Å². The van der Waals surface area contributed by atoms with E-state index in [0.29, 0.717) is 16.3 Å². The Labute approximate surface area is 192 Å². The van der Waals surface area contributed by atoms with Crippen LogP contribution < -0.4 is 4.90 Å². The largest absolute Gasteiger partial charge is 0.342 e. The molecule has 8 nitrogen and oxygen atoms in total. The SMILES string of the molecule is [2H]C([2H])([2H])C([2H])([2H])C1c2nncn2-c2c(C)nc(-n3ccnc3-c3ccccc3)nc2N1C([2H])(C([2H])([2H])[2H])C([2H])([2H])[2H]. The summed E-state index contributed by atoms with van der Waals surface area (Å²) in [6, 6.07) is 3.07. The van der Waals surface area contributed by atoms with E-state index in [0.717, 1.165) is 6.33 Å². The fraction of sp³-hybridized carbons (Fsp3) is 0.318. The second-order valence-corrected chi connectivity index (χ2v) is 6.59. The van der Waals surface area contributed by atoms with E-state index >= 15 is 0 Å². The van der Waals surface area contributed by atoms with Crippen molar-refractivity contribution in [3.05, 3.63) is 60.6 Å². The number of fused-ring (bicyclic) bond motifs is 3. The van der Waals surface area contributed by atoms with Crippen LogP contribution in [-0.2, 0) is 0 Å². The number of rotatable bonds is 4. The maximum Gasteiger partial charge on any atom is 0.237 e. The zero-order valence-electron chi connectivity index (χ0n) is 27.8. The Hall–Kier alpha value is -3.55. The van der Waals surface area contributed by atoms with Crippen molar-refractivity contribution in [3.8, 4) is 23.0 Å². The summed E-state index contributed by atoms with van der Waals surface area (Å²) in [6.45, 7) is -9.18. The predicted molar refractivity (Wildman–Crippen MR) is 115 cm³/mol. The summed E-state index contributed by atoms with van der Waals surface area (Å²) in [4.78, 5) is 13.8. The number of nitrogens with zero attached hydrogens (tertiary/aromatic N) is 8. The number of aromatic nitrogens is 7. The summed E-state index contributed by atoms with van der Waals surface area (Å²) in [5, 5.41) is 7.65. The predicted octanol–water partition coefficient (Wildman–Crippen LogP) is 3.90. The number of hydrogen-bond acceptors (Lipinski definition) is 6. The van der Waals surface area contributed by atoms with Crippen molar-refractivity contribution >= 4 is 5.82 Å². The fourth-order valence-corrected chi connectivity index (χ4v) is 3.57. The van der Waals surface area contributed by atoms with E-state index in [9.17, 15) is 0 Å². The van der Waals surface area contributed by atoms with E-state index in [2.05, 4.69) is 25.1 Å². The minimum Gasteiger partial charge on any atom is -0.342 e. The van der Waals surface area contributed by atoms with Crippen molar-refractivity contribution in [2.75, 3.05) is 4.90 Å². The molecule has 1 aromatic carbocycles. The van der Waals surface area contributed by atoms with Crippen molar-refractivity contribution in [1.82, 2.24) is 34.3 Å². The molecule has 1 atom stereocenters. The molecule has 1 unspecified atom stereocenters. The normalized spacial score (nSPS) is 23.4. The Balaban J connectivity index is 1.90. The lowest BCUT2D eigenvalue weighted by Gasteiger charge is -2.40. The van der Waals surface area contributed by atoms with Crippen LogP contribution in [0.25, 0.3) is 23.0 Å². The highest BCUT2D eigenvalue weighted by Crippen LogP contribution is 2.40. The van der Waals surface area contributed by atoms with Crippen LogP contribution in [0.5, 0.6) is 0 Å². The quantitative estimate of drug-likeness (QED) is 0.506. The molecule has 4 aromatic rings. The zero-order valence-corrected chi connectivity index (χ0v) is 15.8. The molecule has 3 aromatic heterocycles. The van der Waals surface area contributed by atoms with Crippen LogP contribution >= 0.6 is 0 Å². The highest BCUT2D eigenvalue weighted by molar-refractivity contribution is 5.66. The molecule has 0 radical (unpaired) electrons. The zero-order chi connectivity index (χ0) is 31.0. The molecule has 152 valence electrons. The lowest BCUT2D eigenvalue weighted by atomic mass is 10.1. The Morgan fingerprint density at radius 2 is 2.07 bits per heavy atom. The van der Waals surface area contributed by atoms with E-state index in [-0.39, 0.29) is 17.3 Å². The number of hydrogen-bond donors (Lipinski definition) is 0. The fourth-order valence-electron chi connectivity index (χ4n) is 3.57. The average Bonchev–Trinajstić information content (AvgIpc) is 3.55. The van der Waals surface area contributed by atoms with Gasteiger partial charge < -0.3 is 4.90 Å². The monoisotopic (exact) mass is 412 g/mol. The lowest BCUT2D eigenvalue weighted by Crippen LogP contribution is -2.41. The lowest BCUT2D eigenvalue weighted by molar-refractivity contribution is 0.496. The van der Waals surface area contributed by atoms with Gasteiger partial charge in [0.2, 0.25) is 5.95 Å². The van der Waals surface area contributed by atoms with Gasteiger partial charge in [-0.2, -0.15) is 4.98 Å². The van der Waals surface area contributed by atoms with Crippen LogP contribution in [0.15, 0.2) is 49.1 Å². The number of aryl methyl sites for hydroxylation is 1. The first-order valence-corrected chi connectivity index (χ1v) is 9.00. The smallest absolute Gasteiger partial charge is 0.237 e. The van der Waals surface area contributed by atoms with Crippen molar-refractivity contribution < 1.29 is 16.4 Å². The molecule has 0 spiro atoms. The third-order valence-electron chi connectivity index (χ3n) is 4.84. The van der Waals surface area contributed by atoms with Crippen LogP contribution in [0.1, 0.15) is 60.9 Å². The molecule has 0 saturated carbocycles. The first-order valence-electron chi connectivity index (χ1n) is 15.0. The maximum atomic E-state index is 9.06. The van der Waals surface area contributed by atoms with Gasteiger partial charge in [0.1, 0.15) is 17.8 Å². The molecular formula is C22H24N8. The summed E-state index contributed by atoms with van der Waals surface area (Å²) >= 11 is 0. The van der Waals surface area contributed by atoms with Crippen molar-refractivity contribution in [3.63, 3.8) is 0 Å². The van der Waals surface area contributed by atoms with Crippen molar-refractivity contribution in [1.29, 1.82) is 0 Å². The Morgan fingerprint density at radius 3 is 2.87 bits per heavy atom. The molecule has 1 aliphatic heterocycles. The summed E-state index contributed by atoms with van der Waals surface area (Å²) in [5.74, 6) is -0.671. The van der Waals surface area contributed by atoms with E-state index in [1.165, 1.54) is 28.5 Å². The average molecular weight is 413 g/mol. The van der Waals surface area contributed by atoms with Crippen LogP contribution in [-0.4, -0.2) is 40.3 Å². The molecule has 8 heteroatoms. The first-order chi connectivity index (χ1) is 19.3. The number of imidazole rings is 1. The van der Waals surface area contributed by atoms with E-state index in [1.807, 2.05) is 0 Å². The maximum absolute atomic E-state index is 9.06. The molecule has 0 saturated heterocycles. The molecule has 1 aliphatic rings. The third kappa shape index (κ3) is 2.71. The van der Waals surface area contributed by atoms with Gasteiger partial charge >= 0.3 is 0 Å². The Morgan fingerprint density at radius 1 is 1.20 bits per heavy atom. The van der Waals surface area contributed by atoms with Gasteiger partial charge in [-0.3, -0.25) is 9.13 Å².